The maximum Gasteiger partial charge on any atom is 0.179 e. The second-order valence-electron chi connectivity index (χ2n) is 3.51. The fraction of sp³-hybridized carbons (Fsp3) is 0.364. The Balaban J connectivity index is 0.00000196. The number of hydrogen-bond acceptors (Lipinski definition) is 2. The number of benzene rings is 1. The van der Waals surface area contributed by atoms with Crippen LogP contribution in [0.2, 0.25) is 0 Å². The van der Waals surface area contributed by atoms with Gasteiger partial charge in [-0.2, -0.15) is 0 Å². The molecule has 0 heterocycles. The van der Waals surface area contributed by atoms with Gasteiger partial charge in [-0.15, -0.1) is 12.4 Å². The van der Waals surface area contributed by atoms with E-state index >= 15 is 0 Å². The predicted octanol–water partition coefficient (Wildman–Crippen LogP) is 3.00. The van der Waals surface area contributed by atoms with Gasteiger partial charge in [0.05, 0.1) is 6.04 Å². The van der Waals surface area contributed by atoms with E-state index in [2.05, 4.69) is 15.9 Å². The lowest BCUT2D eigenvalue weighted by molar-refractivity contribution is 0.0890. The lowest BCUT2D eigenvalue weighted by Gasteiger charge is -2.18. The summed E-state index contributed by atoms with van der Waals surface area (Å²) in [7, 11) is 3.81. The second kappa shape index (κ2) is 6.26. The number of hydrogen-bond donors (Lipinski definition) is 0. The van der Waals surface area contributed by atoms with Crippen molar-refractivity contribution in [1.82, 2.24) is 4.90 Å². The molecule has 1 unspecified atom stereocenters. The van der Waals surface area contributed by atoms with Gasteiger partial charge in [-0.05, 0) is 33.2 Å². The molecule has 0 saturated carbocycles. The van der Waals surface area contributed by atoms with Gasteiger partial charge in [0.1, 0.15) is 0 Å². The first-order chi connectivity index (χ1) is 6.52. The molecule has 4 heteroatoms. The zero-order valence-corrected chi connectivity index (χ0v) is 11.4. The third-order valence-electron chi connectivity index (χ3n) is 2.28. The summed E-state index contributed by atoms with van der Waals surface area (Å²) in [5, 5.41) is 0. The van der Waals surface area contributed by atoms with Crippen molar-refractivity contribution in [2.45, 2.75) is 13.0 Å². The van der Waals surface area contributed by atoms with E-state index in [4.69, 9.17) is 0 Å². The van der Waals surface area contributed by atoms with Crippen LogP contribution in [0.5, 0.6) is 0 Å². The minimum Gasteiger partial charge on any atom is -0.300 e. The largest absolute Gasteiger partial charge is 0.300 e. The molecule has 0 spiro atoms. The van der Waals surface area contributed by atoms with Gasteiger partial charge in [0, 0.05) is 10.0 Å². The normalized spacial score (nSPS) is 12.1. The quantitative estimate of drug-likeness (QED) is 0.798. The van der Waals surface area contributed by atoms with Gasteiger partial charge in [-0.25, -0.2) is 0 Å². The van der Waals surface area contributed by atoms with Gasteiger partial charge >= 0.3 is 0 Å². The molecule has 2 nitrogen and oxygen atoms in total. The summed E-state index contributed by atoms with van der Waals surface area (Å²) in [5.74, 6) is 0.155. The van der Waals surface area contributed by atoms with E-state index in [0.29, 0.717) is 0 Å². The van der Waals surface area contributed by atoms with Crippen LogP contribution >= 0.6 is 28.3 Å². The van der Waals surface area contributed by atoms with Gasteiger partial charge in [-0.1, -0.05) is 28.1 Å². The van der Waals surface area contributed by atoms with Crippen molar-refractivity contribution in [3.63, 3.8) is 0 Å². The van der Waals surface area contributed by atoms with Crippen LogP contribution in [0, 0.1) is 0 Å². The van der Waals surface area contributed by atoms with E-state index in [1.807, 2.05) is 50.2 Å². The molecule has 0 aliphatic carbocycles. The van der Waals surface area contributed by atoms with Crippen LogP contribution in [0.25, 0.3) is 0 Å². The Bertz CT molecular complexity index is 324. The van der Waals surface area contributed by atoms with Crippen molar-refractivity contribution in [3.05, 3.63) is 34.3 Å². The fourth-order valence-corrected chi connectivity index (χ4v) is 1.35. The summed E-state index contributed by atoms with van der Waals surface area (Å²) in [6.45, 7) is 1.91. The molecule has 0 fully saturated rings. The van der Waals surface area contributed by atoms with Crippen molar-refractivity contribution in [2.24, 2.45) is 0 Å². The third-order valence-corrected chi connectivity index (χ3v) is 2.81. The monoisotopic (exact) mass is 291 g/mol. The van der Waals surface area contributed by atoms with Crippen LogP contribution in [0.4, 0.5) is 0 Å². The molecule has 0 amide bonds. The Labute approximate surface area is 105 Å². The number of carbonyl (C=O) groups excluding carboxylic acids is 1. The third kappa shape index (κ3) is 3.93. The second-order valence-corrected chi connectivity index (χ2v) is 4.43. The first-order valence-corrected chi connectivity index (χ1v) is 5.28. The Hall–Kier alpha value is -0.380. The molecule has 0 saturated heterocycles. The standard InChI is InChI=1S/C11H14BrNO.ClH/c1-8(13(2)3)11(14)9-4-6-10(12)7-5-9;/h4-8H,1-3H3;1H. The highest BCUT2D eigenvalue weighted by Gasteiger charge is 2.16. The number of nitrogens with zero attached hydrogens (tertiary/aromatic N) is 1. The lowest BCUT2D eigenvalue weighted by atomic mass is 10.1. The minimum absolute atomic E-state index is 0. The fourth-order valence-electron chi connectivity index (χ4n) is 1.09. The first-order valence-electron chi connectivity index (χ1n) is 4.48. The molecule has 0 aliphatic heterocycles. The predicted molar refractivity (Wildman–Crippen MR) is 68.9 cm³/mol. The van der Waals surface area contributed by atoms with Gasteiger partial charge in [0.25, 0.3) is 0 Å². The molecule has 0 bridgehead atoms. The molecule has 1 aromatic rings. The molecule has 0 radical (unpaired) electrons. The van der Waals surface area contributed by atoms with Crippen molar-refractivity contribution < 1.29 is 4.79 Å². The zero-order valence-electron chi connectivity index (χ0n) is 9.03. The number of ketones is 1. The summed E-state index contributed by atoms with van der Waals surface area (Å²) in [5.41, 5.74) is 0.759. The van der Waals surface area contributed by atoms with Gasteiger partial charge in [-0.3, -0.25) is 9.69 Å². The van der Waals surface area contributed by atoms with E-state index in [-0.39, 0.29) is 24.2 Å². The van der Waals surface area contributed by atoms with Crippen LogP contribution in [0.3, 0.4) is 0 Å². The van der Waals surface area contributed by atoms with Crippen molar-refractivity contribution >= 4 is 34.1 Å². The van der Waals surface area contributed by atoms with Crippen LogP contribution in [0.15, 0.2) is 28.7 Å². The van der Waals surface area contributed by atoms with Crippen molar-refractivity contribution in [1.29, 1.82) is 0 Å². The highest BCUT2D eigenvalue weighted by Crippen LogP contribution is 2.12. The zero-order chi connectivity index (χ0) is 10.7. The number of halogens is 2. The molecular formula is C11H15BrClNO. The Kier molecular flexibility index (Phi) is 6.10. The topological polar surface area (TPSA) is 20.3 Å². The van der Waals surface area contributed by atoms with E-state index < -0.39 is 0 Å². The molecule has 1 atom stereocenters. The number of likely N-dealkylation sites (N-methyl/N-ethyl adjacent to an activating group) is 1. The Morgan fingerprint density at radius 1 is 1.27 bits per heavy atom. The van der Waals surface area contributed by atoms with Gasteiger partial charge in [0.15, 0.2) is 5.78 Å². The summed E-state index contributed by atoms with van der Waals surface area (Å²) in [4.78, 5) is 13.7. The van der Waals surface area contributed by atoms with E-state index in [9.17, 15) is 4.79 Å². The average Bonchev–Trinajstić information content (AvgIpc) is 2.16. The average molecular weight is 293 g/mol. The van der Waals surface area contributed by atoms with Crippen LogP contribution in [0.1, 0.15) is 17.3 Å². The summed E-state index contributed by atoms with van der Waals surface area (Å²) < 4.78 is 0.992. The Morgan fingerprint density at radius 3 is 2.13 bits per heavy atom. The number of carbonyl (C=O) groups is 1. The highest BCUT2D eigenvalue weighted by atomic mass is 79.9. The van der Waals surface area contributed by atoms with E-state index in [0.717, 1.165) is 10.0 Å². The van der Waals surface area contributed by atoms with Crippen LogP contribution in [-0.4, -0.2) is 30.8 Å². The SMILES string of the molecule is CC(C(=O)c1ccc(Br)cc1)N(C)C.Cl. The molecule has 1 aromatic carbocycles. The minimum atomic E-state index is -0.0730. The maximum atomic E-state index is 11.8. The maximum absolute atomic E-state index is 11.8. The molecule has 84 valence electrons. The number of Topliss-reactive ketones (excluding diaryl/α,β-unsaturated/α-hetero) is 1. The Morgan fingerprint density at radius 2 is 1.73 bits per heavy atom. The first kappa shape index (κ1) is 14.6. The van der Waals surface area contributed by atoms with Crippen LogP contribution in [-0.2, 0) is 0 Å². The van der Waals surface area contributed by atoms with Gasteiger partial charge < -0.3 is 0 Å². The summed E-state index contributed by atoms with van der Waals surface area (Å²) >= 11 is 3.34. The molecule has 1 rings (SSSR count). The number of rotatable bonds is 3. The lowest BCUT2D eigenvalue weighted by Crippen LogP contribution is -2.32. The smallest absolute Gasteiger partial charge is 0.179 e. The highest BCUT2D eigenvalue weighted by molar-refractivity contribution is 9.10. The summed E-state index contributed by atoms with van der Waals surface area (Å²) in [6.07, 6.45) is 0. The molecule has 0 aromatic heterocycles. The molecule has 0 aliphatic rings. The molecular weight excluding hydrogens is 277 g/mol. The van der Waals surface area contributed by atoms with Crippen molar-refractivity contribution in [3.8, 4) is 0 Å². The molecule has 0 N–H and O–H groups in total. The van der Waals surface area contributed by atoms with E-state index in [1.54, 1.807) is 0 Å². The summed E-state index contributed by atoms with van der Waals surface area (Å²) in [6, 6.07) is 7.38. The molecule has 15 heavy (non-hydrogen) atoms. The van der Waals surface area contributed by atoms with E-state index in [1.165, 1.54) is 0 Å². The van der Waals surface area contributed by atoms with Gasteiger partial charge in [0.2, 0.25) is 0 Å². The van der Waals surface area contributed by atoms with Crippen molar-refractivity contribution in [2.75, 3.05) is 14.1 Å². The van der Waals surface area contributed by atoms with Crippen LogP contribution < -0.4 is 0 Å².